The smallest absolute Gasteiger partial charge is 0.141 e. The van der Waals surface area contributed by atoms with E-state index in [1.54, 1.807) is 18.6 Å². The Bertz CT molecular complexity index is 899. The van der Waals surface area contributed by atoms with E-state index in [4.69, 9.17) is 0 Å². The lowest BCUT2D eigenvalue weighted by Crippen LogP contribution is -2.39. The van der Waals surface area contributed by atoms with Crippen molar-refractivity contribution in [2.24, 2.45) is 0 Å². The van der Waals surface area contributed by atoms with E-state index in [-0.39, 0.29) is 0 Å². The number of aromatic nitrogens is 3. The molecule has 128 valence electrons. The standard InChI is InChI=1S/C22H19N3O/c26-22(19-10-5-2-6-11-19,20-12-15-23-16-13-20)21(25-17-7-14-24-25)18-8-3-1-4-9-18/h1-17,21,26H. The molecule has 2 unspecified atom stereocenters. The van der Waals surface area contributed by atoms with Crippen LogP contribution in [0.2, 0.25) is 0 Å². The molecule has 0 aliphatic rings. The van der Waals surface area contributed by atoms with Gasteiger partial charge in [0, 0.05) is 24.8 Å². The van der Waals surface area contributed by atoms with Gasteiger partial charge in [-0.05, 0) is 34.9 Å². The highest BCUT2D eigenvalue weighted by molar-refractivity contribution is 5.41. The second kappa shape index (κ2) is 6.94. The van der Waals surface area contributed by atoms with E-state index in [2.05, 4.69) is 10.1 Å². The van der Waals surface area contributed by atoms with Crippen molar-refractivity contribution < 1.29 is 5.11 Å². The highest BCUT2D eigenvalue weighted by atomic mass is 16.3. The second-order valence-electron chi connectivity index (χ2n) is 6.17. The molecule has 0 saturated heterocycles. The first-order valence-electron chi connectivity index (χ1n) is 8.52. The van der Waals surface area contributed by atoms with Gasteiger partial charge in [-0.2, -0.15) is 5.10 Å². The van der Waals surface area contributed by atoms with Gasteiger partial charge < -0.3 is 5.11 Å². The molecule has 4 rings (SSSR count). The van der Waals surface area contributed by atoms with Crippen molar-refractivity contribution in [2.75, 3.05) is 0 Å². The first kappa shape index (κ1) is 16.2. The van der Waals surface area contributed by atoms with Gasteiger partial charge in [-0.1, -0.05) is 60.7 Å². The first-order valence-corrected chi connectivity index (χ1v) is 8.52. The molecule has 2 aromatic heterocycles. The summed E-state index contributed by atoms with van der Waals surface area (Å²) in [6.07, 6.45) is 7.02. The van der Waals surface area contributed by atoms with Gasteiger partial charge in [0.05, 0.1) is 0 Å². The fraction of sp³-hybridized carbons (Fsp3) is 0.0909. The molecule has 26 heavy (non-hydrogen) atoms. The quantitative estimate of drug-likeness (QED) is 0.601. The van der Waals surface area contributed by atoms with Crippen molar-refractivity contribution in [2.45, 2.75) is 11.6 Å². The second-order valence-corrected chi connectivity index (χ2v) is 6.17. The summed E-state index contributed by atoms with van der Waals surface area (Å²) in [7, 11) is 0. The van der Waals surface area contributed by atoms with E-state index >= 15 is 0 Å². The summed E-state index contributed by atoms with van der Waals surface area (Å²) >= 11 is 0. The molecule has 2 aromatic carbocycles. The van der Waals surface area contributed by atoms with Crippen LogP contribution in [0, 0.1) is 0 Å². The maximum absolute atomic E-state index is 12.2. The summed E-state index contributed by atoms with van der Waals surface area (Å²) in [5.41, 5.74) is 1.23. The Morgan fingerprint density at radius 1 is 0.731 bits per heavy atom. The van der Waals surface area contributed by atoms with Crippen molar-refractivity contribution >= 4 is 0 Å². The fourth-order valence-corrected chi connectivity index (χ4v) is 3.43. The molecule has 0 bridgehead atoms. The van der Waals surface area contributed by atoms with Gasteiger partial charge in [0.15, 0.2) is 0 Å². The van der Waals surface area contributed by atoms with Crippen LogP contribution in [0.5, 0.6) is 0 Å². The molecule has 4 nitrogen and oxygen atoms in total. The molecule has 0 radical (unpaired) electrons. The van der Waals surface area contributed by atoms with Crippen LogP contribution < -0.4 is 0 Å². The summed E-state index contributed by atoms with van der Waals surface area (Å²) < 4.78 is 1.81. The molecule has 4 aromatic rings. The summed E-state index contributed by atoms with van der Waals surface area (Å²) in [5.74, 6) is 0. The van der Waals surface area contributed by atoms with E-state index in [1.165, 1.54) is 0 Å². The lowest BCUT2D eigenvalue weighted by atomic mass is 9.77. The highest BCUT2D eigenvalue weighted by Gasteiger charge is 2.42. The summed E-state index contributed by atoms with van der Waals surface area (Å²) in [6, 6.07) is 24.8. The average Bonchev–Trinajstić information content (AvgIpc) is 3.24. The third-order valence-electron chi connectivity index (χ3n) is 4.63. The van der Waals surface area contributed by atoms with Crippen LogP contribution in [0.15, 0.2) is 104 Å². The van der Waals surface area contributed by atoms with E-state index in [9.17, 15) is 5.11 Å². The van der Waals surface area contributed by atoms with Gasteiger partial charge in [0.1, 0.15) is 11.6 Å². The Labute approximate surface area is 152 Å². The molecule has 0 spiro atoms. The molecule has 4 heteroatoms. The van der Waals surface area contributed by atoms with Crippen molar-refractivity contribution in [1.82, 2.24) is 14.8 Å². The van der Waals surface area contributed by atoms with Crippen molar-refractivity contribution in [3.63, 3.8) is 0 Å². The first-order chi connectivity index (χ1) is 12.8. The molecular formula is C22H19N3O. The van der Waals surface area contributed by atoms with Gasteiger partial charge in [-0.15, -0.1) is 0 Å². The number of aliphatic hydroxyl groups is 1. The minimum Gasteiger partial charge on any atom is -0.378 e. The SMILES string of the molecule is OC(c1ccccc1)(c1ccncc1)C(c1ccccc1)n1cccn1. The number of hydrogen-bond acceptors (Lipinski definition) is 3. The average molecular weight is 341 g/mol. The topological polar surface area (TPSA) is 50.9 Å². The highest BCUT2D eigenvalue weighted by Crippen LogP contribution is 2.42. The van der Waals surface area contributed by atoms with Crippen LogP contribution in [0.3, 0.4) is 0 Å². The molecular weight excluding hydrogens is 322 g/mol. The number of benzene rings is 2. The van der Waals surface area contributed by atoms with Crippen LogP contribution in [0.25, 0.3) is 0 Å². The van der Waals surface area contributed by atoms with E-state index in [0.29, 0.717) is 0 Å². The summed E-state index contributed by atoms with van der Waals surface area (Å²) in [4.78, 5) is 4.11. The van der Waals surface area contributed by atoms with Gasteiger partial charge in [-0.25, -0.2) is 0 Å². The maximum atomic E-state index is 12.2. The molecule has 0 amide bonds. The number of pyridine rings is 1. The fourth-order valence-electron chi connectivity index (χ4n) is 3.43. The normalized spacial score (nSPS) is 14.5. The Morgan fingerprint density at radius 2 is 1.35 bits per heavy atom. The minimum absolute atomic E-state index is 0.427. The largest absolute Gasteiger partial charge is 0.378 e. The van der Waals surface area contributed by atoms with Gasteiger partial charge in [0.25, 0.3) is 0 Å². The van der Waals surface area contributed by atoms with Crippen LogP contribution in [-0.4, -0.2) is 19.9 Å². The number of rotatable bonds is 5. The van der Waals surface area contributed by atoms with Crippen LogP contribution in [-0.2, 0) is 5.60 Å². The van der Waals surface area contributed by atoms with Gasteiger partial charge in [-0.3, -0.25) is 9.67 Å². The predicted octanol–water partition coefficient (Wildman–Crippen LogP) is 3.80. The van der Waals surface area contributed by atoms with Crippen LogP contribution in [0.4, 0.5) is 0 Å². The van der Waals surface area contributed by atoms with Crippen molar-refractivity contribution in [1.29, 1.82) is 0 Å². The van der Waals surface area contributed by atoms with E-state index < -0.39 is 11.6 Å². The Kier molecular flexibility index (Phi) is 4.33. The van der Waals surface area contributed by atoms with Crippen molar-refractivity contribution in [3.8, 4) is 0 Å². The lowest BCUT2D eigenvalue weighted by Gasteiger charge is -2.37. The third kappa shape index (κ3) is 2.80. The van der Waals surface area contributed by atoms with Gasteiger partial charge in [0.2, 0.25) is 0 Å². The Hall–Kier alpha value is -3.24. The molecule has 0 aliphatic heterocycles. The number of hydrogen-bond donors (Lipinski definition) is 1. The number of nitrogens with zero attached hydrogens (tertiary/aromatic N) is 3. The lowest BCUT2D eigenvalue weighted by molar-refractivity contribution is 0.0336. The molecule has 0 fully saturated rings. The molecule has 0 saturated carbocycles. The molecule has 2 atom stereocenters. The monoisotopic (exact) mass is 341 g/mol. The van der Waals surface area contributed by atoms with Crippen LogP contribution >= 0.6 is 0 Å². The summed E-state index contributed by atoms with van der Waals surface area (Å²) in [6.45, 7) is 0. The minimum atomic E-state index is -1.31. The van der Waals surface area contributed by atoms with Gasteiger partial charge >= 0.3 is 0 Å². The molecule has 1 N–H and O–H groups in total. The Morgan fingerprint density at radius 3 is 1.96 bits per heavy atom. The summed E-state index contributed by atoms with van der Waals surface area (Å²) in [5, 5.41) is 16.6. The van der Waals surface area contributed by atoms with Crippen LogP contribution in [0.1, 0.15) is 22.7 Å². The Balaban J connectivity index is 2.00. The maximum Gasteiger partial charge on any atom is 0.141 e. The third-order valence-corrected chi connectivity index (χ3v) is 4.63. The predicted molar refractivity (Wildman–Crippen MR) is 100 cm³/mol. The zero-order chi connectivity index (χ0) is 17.8. The van der Waals surface area contributed by atoms with E-state index in [0.717, 1.165) is 16.7 Å². The van der Waals surface area contributed by atoms with Crippen molar-refractivity contribution in [3.05, 3.63) is 120 Å². The zero-order valence-electron chi connectivity index (χ0n) is 14.2. The van der Waals surface area contributed by atoms with E-state index in [1.807, 2.05) is 89.7 Å². The molecule has 0 aliphatic carbocycles. The zero-order valence-corrected chi connectivity index (χ0v) is 14.2. The molecule has 2 heterocycles.